The molecule has 0 bridgehead atoms. The number of benzene rings is 1. The van der Waals surface area contributed by atoms with E-state index in [0.29, 0.717) is 6.54 Å². The van der Waals surface area contributed by atoms with E-state index in [4.69, 9.17) is 4.74 Å². The molecule has 0 radical (unpaired) electrons. The van der Waals surface area contributed by atoms with Gasteiger partial charge in [-0.25, -0.2) is 0 Å². The molecule has 5 heteroatoms. The highest BCUT2D eigenvalue weighted by Gasteiger charge is 2.33. The van der Waals surface area contributed by atoms with E-state index in [1.807, 2.05) is 6.92 Å². The first-order valence-electron chi connectivity index (χ1n) is 6.40. The quantitative estimate of drug-likeness (QED) is 0.908. The summed E-state index contributed by atoms with van der Waals surface area (Å²) in [6.45, 7) is 3.49. The molecule has 106 valence electrons. The molecule has 1 N–H and O–H groups in total. The van der Waals surface area contributed by atoms with Crippen molar-refractivity contribution in [2.24, 2.45) is 0 Å². The van der Waals surface area contributed by atoms with Crippen LogP contribution in [0.3, 0.4) is 0 Å². The highest BCUT2D eigenvalue weighted by molar-refractivity contribution is 5.29. The number of rotatable bonds is 4. The van der Waals surface area contributed by atoms with Gasteiger partial charge in [0.1, 0.15) is 0 Å². The van der Waals surface area contributed by atoms with Crippen LogP contribution in [-0.2, 0) is 17.5 Å². The van der Waals surface area contributed by atoms with Gasteiger partial charge in [-0.2, -0.15) is 13.2 Å². The molecular weight excluding hydrogens is 255 g/mol. The monoisotopic (exact) mass is 273 g/mol. The number of hydrogen-bond donors (Lipinski definition) is 1. The second-order valence-electron chi connectivity index (χ2n) is 5.16. The topological polar surface area (TPSA) is 21.3 Å². The number of ether oxygens (including phenoxy) is 1. The fourth-order valence-corrected chi connectivity index (χ4v) is 2.39. The number of nitrogens with one attached hydrogen (secondary N) is 1. The molecule has 0 amide bonds. The third-order valence-electron chi connectivity index (χ3n) is 3.44. The summed E-state index contributed by atoms with van der Waals surface area (Å²) in [6, 6.07) is 5.66. The van der Waals surface area contributed by atoms with Gasteiger partial charge in [0.05, 0.1) is 11.2 Å². The molecule has 1 unspecified atom stereocenters. The van der Waals surface area contributed by atoms with Gasteiger partial charge >= 0.3 is 6.18 Å². The lowest BCUT2D eigenvalue weighted by Crippen LogP contribution is -2.37. The summed E-state index contributed by atoms with van der Waals surface area (Å²) in [5.74, 6) is 0. The Balaban J connectivity index is 1.96. The Morgan fingerprint density at radius 3 is 2.68 bits per heavy atom. The van der Waals surface area contributed by atoms with Crippen LogP contribution < -0.4 is 5.32 Å². The third kappa shape index (κ3) is 3.70. The first kappa shape index (κ1) is 14.3. The van der Waals surface area contributed by atoms with Crippen LogP contribution in [0.2, 0.25) is 0 Å². The molecule has 1 aromatic carbocycles. The second-order valence-corrected chi connectivity index (χ2v) is 5.16. The van der Waals surface area contributed by atoms with Crippen molar-refractivity contribution in [1.82, 2.24) is 5.32 Å². The van der Waals surface area contributed by atoms with E-state index in [1.165, 1.54) is 12.1 Å². The van der Waals surface area contributed by atoms with Gasteiger partial charge in [0, 0.05) is 19.7 Å². The standard InChI is InChI=1S/C14H18F3NO/c1-13(7-4-8-19-13)10-18-9-11-5-2-3-6-12(11)14(15,16)17/h2-3,5-6,18H,4,7-10H2,1H3. The van der Waals surface area contributed by atoms with Crippen molar-refractivity contribution in [2.75, 3.05) is 13.2 Å². The minimum atomic E-state index is -4.30. The molecule has 0 aliphatic carbocycles. The summed E-state index contributed by atoms with van der Waals surface area (Å²) in [5, 5.41) is 3.07. The Morgan fingerprint density at radius 2 is 2.05 bits per heavy atom. The highest BCUT2D eigenvalue weighted by atomic mass is 19.4. The van der Waals surface area contributed by atoms with Gasteiger partial charge in [-0.15, -0.1) is 0 Å². The molecule has 0 aromatic heterocycles. The molecule has 1 atom stereocenters. The average molecular weight is 273 g/mol. The Morgan fingerprint density at radius 1 is 1.32 bits per heavy atom. The zero-order chi connectivity index (χ0) is 13.9. The first-order chi connectivity index (χ1) is 8.91. The van der Waals surface area contributed by atoms with Gasteiger partial charge in [-0.1, -0.05) is 18.2 Å². The van der Waals surface area contributed by atoms with E-state index in [2.05, 4.69) is 5.32 Å². The molecule has 1 aliphatic rings. The fourth-order valence-electron chi connectivity index (χ4n) is 2.39. The first-order valence-corrected chi connectivity index (χ1v) is 6.40. The maximum Gasteiger partial charge on any atom is 0.416 e. The van der Waals surface area contributed by atoms with Crippen molar-refractivity contribution < 1.29 is 17.9 Å². The predicted octanol–water partition coefficient (Wildman–Crippen LogP) is 3.36. The minimum Gasteiger partial charge on any atom is -0.374 e. The molecule has 1 aliphatic heterocycles. The molecule has 19 heavy (non-hydrogen) atoms. The van der Waals surface area contributed by atoms with Crippen LogP contribution in [0.4, 0.5) is 13.2 Å². The highest BCUT2D eigenvalue weighted by Crippen LogP contribution is 2.32. The van der Waals surface area contributed by atoms with Crippen LogP contribution in [0.25, 0.3) is 0 Å². The fraction of sp³-hybridized carbons (Fsp3) is 0.571. The van der Waals surface area contributed by atoms with Gasteiger partial charge in [-0.3, -0.25) is 0 Å². The third-order valence-corrected chi connectivity index (χ3v) is 3.44. The van der Waals surface area contributed by atoms with Gasteiger partial charge in [0.15, 0.2) is 0 Å². The van der Waals surface area contributed by atoms with E-state index in [9.17, 15) is 13.2 Å². The lowest BCUT2D eigenvalue weighted by molar-refractivity contribution is -0.138. The molecule has 1 heterocycles. The van der Waals surface area contributed by atoms with Crippen molar-refractivity contribution >= 4 is 0 Å². The van der Waals surface area contributed by atoms with Crippen LogP contribution in [0.1, 0.15) is 30.9 Å². The molecule has 0 saturated carbocycles. The predicted molar refractivity (Wildman–Crippen MR) is 66.7 cm³/mol. The summed E-state index contributed by atoms with van der Waals surface area (Å²) in [4.78, 5) is 0. The van der Waals surface area contributed by atoms with Crippen LogP contribution in [0.5, 0.6) is 0 Å². The lowest BCUT2D eigenvalue weighted by Gasteiger charge is -2.24. The Hall–Kier alpha value is -1.07. The summed E-state index contributed by atoms with van der Waals surface area (Å²) < 4.78 is 44.0. The van der Waals surface area contributed by atoms with Crippen LogP contribution in [-0.4, -0.2) is 18.8 Å². The van der Waals surface area contributed by atoms with Crippen molar-refractivity contribution in [3.8, 4) is 0 Å². The zero-order valence-corrected chi connectivity index (χ0v) is 10.9. The SMILES string of the molecule is CC1(CNCc2ccccc2C(F)(F)F)CCCO1. The normalized spacial score (nSPS) is 23.8. The van der Waals surface area contributed by atoms with Gasteiger partial charge < -0.3 is 10.1 Å². The van der Waals surface area contributed by atoms with Gasteiger partial charge in [0.25, 0.3) is 0 Å². The molecular formula is C14H18F3NO. The van der Waals surface area contributed by atoms with Crippen molar-refractivity contribution in [3.63, 3.8) is 0 Å². The molecule has 1 aromatic rings. The van der Waals surface area contributed by atoms with Crippen molar-refractivity contribution in [3.05, 3.63) is 35.4 Å². The van der Waals surface area contributed by atoms with Crippen molar-refractivity contribution in [1.29, 1.82) is 0 Å². The average Bonchev–Trinajstić information content (AvgIpc) is 2.76. The summed E-state index contributed by atoms with van der Waals surface area (Å²) in [7, 11) is 0. The van der Waals surface area contributed by atoms with E-state index in [0.717, 1.165) is 25.5 Å². The van der Waals surface area contributed by atoms with Gasteiger partial charge in [0.2, 0.25) is 0 Å². The summed E-state index contributed by atoms with van der Waals surface area (Å²) in [6.07, 6.45) is -2.34. The summed E-state index contributed by atoms with van der Waals surface area (Å²) >= 11 is 0. The second kappa shape index (κ2) is 5.51. The van der Waals surface area contributed by atoms with Crippen LogP contribution in [0.15, 0.2) is 24.3 Å². The smallest absolute Gasteiger partial charge is 0.374 e. The van der Waals surface area contributed by atoms with E-state index in [1.54, 1.807) is 6.07 Å². The van der Waals surface area contributed by atoms with E-state index < -0.39 is 11.7 Å². The van der Waals surface area contributed by atoms with E-state index >= 15 is 0 Å². The Labute approximate surface area is 111 Å². The lowest BCUT2D eigenvalue weighted by atomic mass is 10.0. The Bertz CT molecular complexity index is 425. The number of halogens is 3. The Kier molecular flexibility index (Phi) is 4.16. The van der Waals surface area contributed by atoms with E-state index in [-0.39, 0.29) is 17.7 Å². The number of hydrogen-bond acceptors (Lipinski definition) is 2. The largest absolute Gasteiger partial charge is 0.416 e. The maximum atomic E-state index is 12.8. The zero-order valence-electron chi connectivity index (χ0n) is 10.9. The molecule has 1 fully saturated rings. The molecule has 2 rings (SSSR count). The minimum absolute atomic E-state index is 0.203. The summed E-state index contributed by atoms with van der Waals surface area (Å²) in [5.41, 5.74) is -0.538. The van der Waals surface area contributed by atoms with Gasteiger partial charge in [-0.05, 0) is 31.4 Å². The molecule has 1 saturated heterocycles. The van der Waals surface area contributed by atoms with Crippen LogP contribution >= 0.6 is 0 Å². The number of alkyl halides is 3. The molecule has 2 nitrogen and oxygen atoms in total. The maximum absolute atomic E-state index is 12.8. The molecule has 0 spiro atoms. The van der Waals surface area contributed by atoms with Crippen LogP contribution in [0, 0.1) is 0 Å². The van der Waals surface area contributed by atoms with Crippen molar-refractivity contribution in [2.45, 2.75) is 38.1 Å².